The van der Waals surface area contributed by atoms with Crippen molar-refractivity contribution in [1.82, 2.24) is 4.57 Å². The quantitative estimate of drug-likeness (QED) is 0.385. The summed E-state index contributed by atoms with van der Waals surface area (Å²) in [4.78, 5) is 13.0. The maximum absolute atomic E-state index is 13.0. The van der Waals surface area contributed by atoms with Gasteiger partial charge in [0, 0.05) is 41.8 Å². The van der Waals surface area contributed by atoms with E-state index >= 15 is 0 Å². The molecule has 0 amide bonds. The number of nitrogens with one attached hydrogen (secondary N) is 1. The Morgan fingerprint density at radius 2 is 1.73 bits per heavy atom. The minimum absolute atomic E-state index is 0.0192. The van der Waals surface area contributed by atoms with Crippen LogP contribution in [0.15, 0.2) is 79.0 Å². The Labute approximate surface area is 193 Å². The van der Waals surface area contributed by atoms with Crippen molar-refractivity contribution in [3.05, 3.63) is 101 Å². The number of rotatable bonds is 8. The van der Waals surface area contributed by atoms with Gasteiger partial charge in [0.25, 0.3) is 0 Å². The third kappa shape index (κ3) is 5.30. The summed E-state index contributed by atoms with van der Waals surface area (Å²) in [6.45, 7) is 0. The molecule has 1 aromatic heterocycles. The van der Waals surface area contributed by atoms with Crippen LogP contribution < -0.4 is 4.72 Å². The Hall–Kier alpha value is -3.89. The number of fused-ring (bicyclic) bond motifs is 1. The highest BCUT2D eigenvalue weighted by molar-refractivity contribution is 7.91. The predicted molar refractivity (Wildman–Crippen MR) is 129 cm³/mol. The summed E-state index contributed by atoms with van der Waals surface area (Å²) in [5.74, 6) is -0.147. The van der Waals surface area contributed by atoms with Crippen LogP contribution in [0.5, 0.6) is 0 Å². The van der Waals surface area contributed by atoms with Crippen LogP contribution in [0.25, 0.3) is 10.9 Å². The molecule has 0 radical (unpaired) electrons. The van der Waals surface area contributed by atoms with Gasteiger partial charge < -0.3 is 4.57 Å². The fraction of sp³-hybridized carbons (Fsp3) is 0.154. The molecule has 6 nitrogen and oxygen atoms in total. The lowest BCUT2D eigenvalue weighted by atomic mass is 10.0. The molecule has 0 aliphatic carbocycles. The Morgan fingerprint density at radius 1 is 1.00 bits per heavy atom. The van der Waals surface area contributed by atoms with Crippen LogP contribution in [-0.2, 0) is 29.2 Å². The first-order valence-corrected chi connectivity index (χ1v) is 12.2. The fourth-order valence-corrected chi connectivity index (χ4v) is 5.02. The summed E-state index contributed by atoms with van der Waals surface area (Å²) in [6, 6.07) is 23.5. The number of aromatic nitrogens is 1. The molecule has 0 bridgehead atoms. The molecule has 166 valence electrons. The molecule has 0 unspecified atom stereocenters. The lowest BCUT2D eigenvalue weighted by molar-refractivity contribution is 0.0984. The largest absolute Gasteiger partial charge is 0.350 e. The molecular weight excluding hydrogens is 434 g/mol. The first-order chi connectivity index (χ1) is 15.8. The highest BCUT2D eigenvalue weighted by atomic mass is 32.2. The first kappa shape index (κ1) is 22.3. The monoisotopic (exact) mass is 457 g/mol. The fourth-order valence-electron chi connectivity index (χ4n) is 3.83. The van der Waals surface area contributed by atoms with E-state index in [0.717, 1.165) is 11.1 Å². The van der Waals surface area contributed by atoms with Crippen LogP contribution in [0.3, 0.4) is 0 Å². The predicted octanol–water partition coefficient (Wildman–Crippen LogP) is 4.81. The van der Waals surface area contributed by atoms with Crippen molar-refractivity contribution < 1.29 is 13.2 Å². The van der Waals surface area contributed by atoms with Gasteiger partial charge in [-0.05, 0) is 47.9 Å². The van der Waals surface area contributed by atoms with Gasteiger partial charge in [0.1, 0.15) is 0 Å². The Balaban J connectivity index is 1.53. The van der Waals surface area contributed by atoms with Crippen LogP contribution in [-0.4, -0.2) is 18.8 Å². The number of carbonyl (C=O) groups is 1. The van der Waals surface area contributed by atoms with Crippen LogP contribution in [0, 0.1) is 11.3 Å². The van der Waals surface area contributed by atoms with Crippen LogP contribution in [0.2, 0.25) is 0 Å². The first-order valence-electron chi connectivity index (χ1n) is 10.5. The molecule has 0 spiro atoms. The van der Waals surface area contributed by atoms with Crippen molar-refractivity contribution in [3.8, 4) is 6.07 Å². The van der Waals surface area contributed by atoms with E-state index in [1.165, 1.54) is 0 Å². The van der Waals surface area contributed by atoms with Gasteiger partial charge in [-0.2, -0.15) is 5.26 Å². The van der Waals surface area contributed by atoms with Crippen molar-refractivity contribution in [2.45, 2.75) is 18.6 Å². The molecule has 0 aliphatic heterocycles. The highest BCUT2D eigenvalue weighted by Crippen LogP contribution is 2.27. The zero-order valence-corrected chi connectivity index (χ0v) is 19.0. The molecule has 0 fully saturated rings. The average molecular weight is 458 g/mol. The van der Waals surface area contributed by atoms with Crippen molar-refractivity contribution in [2.75, 3.05) is 4.72 Å². The molecule has 33 heavy (non-hydrogen) atoms. The Morgan fingerprint density at radius 3 is 2.42 bits per heavy atom. The number of sulfonamides is 1. The zero-order chi connectivity index (χ0) is 23.4. The standard InChI is InChI=1S/C26H23N3O3S/c1-29-17-24(26(30)14-11-19-7-9-20(16-27)10-8-19)23-15-22(12-13-25(23)29)28-33(31,32)18-21-5-3-2-4-6-21/h2-10,12-13,15,17,28H,11,14,18H2,1H3. The number of hydrogen-bond donors (Lipinski definition) is 1. The number of benzene rings is 3. The second kappa shape index (κ2) is 9.31. The number of nitrogens with zero attached hydrogens (tertiary/aromatic N) is 2. The van der Waals surface area contributed by atoms with E-state index in [1.54, 1.807) is 54.7 Å². The van der Waals surface area contributed by atoms with Gasteiger partial charge in [-0.15, -0.1) is 0 Å². The molecular formula is C26H23N3O3S. The minimum atomic E-state index is -3.60. The van der Waals surface area contributed by atoms with Gasteiger partial charge in [0.05, 0.1) is 17.4 Å². The summed E-state index contributed by atoms with van der Waals surface area (Å²) in [6.07, 6.45) is 2.66. The lowest BCUT2D eigenvalue weighted by Crippen LogP contribution is -2.15. The normalized spacial score (nSPS) is 11.3. The zero-order valence-electron chi connectivity index (χ0n) is 18.2. The third-order valence-corrected chi connectivity index (χ3v) is 6.75. The molecule has 0 aliphatic rings. The molecule has 7 heteroatoms. The summed E-state index contributed by atoms with van der Waals surface area (Å²) < 4.78 is 29.8. The second-order valence-electron chi connectivity index (χ2n) is 7.96. The van der Waals surface area contributed by atoms with Crippen molar-refractivity contribution in [1.29, 1.82) is 5.26 Å². The highest BCUT2D eigenvalue weighted by Gasteiger charge is 2.17. The van der Waals surface area contributed by atoms with Crippen molar-refractivity contribution in [3.63, 3.8) is 0 Å². The molecule has 4 aromatic rings. The van der Waals surface area contributed by atoms with E-state index in [2.05, 4.69) is 10.8 Å². The van der Waals surface area contributed by atoms with Crippen LogP contribution in [0.1, 0.15) is 33.5 Å². The molecule has 3 aromatic carbocycles. The topological polar surface area (TPSA) is 92.0 Å². The summed E-state index contributed by atoms with van der Waals surface area (Å²) in [5, 5.41) is 9.63. The molecule has 0 saturated heterocycles. The van der Waals surface area contributed by atoms with Gasteiger partial charge in [0.15, 0.2) is 5.78 Å². The number of carbonyl (C=O) groups excluding carboxylic acids is 1. The Kier molecular flexibility index (Phi) is 6.29. The van der Waals surface area contributed by atoms with Gasteiger partial charge in [-0.3, -0.25) is 9.52 Å². The van der Waals surface area contributed by atoms with E-state index in [4.69, 9.17) is 5.26 Å². The van der Waals surface area contributed by atoms with Gasteiger partial charge >= 0.3 is 0 Å². The summed E-state index contributed by atoms with van der Waals surface area (Å²) in [7, 11) is -1.74. The maximum atomic E-state index is 13.0. The molecule has 0 atom stereocenters. The summed E-state index contributed by atoms with van der Waals surface area (Å²) in [5.41, 5.74) is 4.10. The van der Waals surface area contributed by atoms with Crippen LogP contribution in [0.4, 0.5) is 5.69 Å². The summed E-state index contributed by atoms with van der Waals surface area (Å²) >= 11 is 0. The van der Waals surface area contributed by atoms with E-state index in [-0.39, 0.29) is 11.5 Å². The van der Waals surface area contributed by atoms with Gasteiger partial charge in [-0.25, -0.2) is 8.42 Å². The maximum Gasteiger partial charge on any atom is 0.236 e. The second-order valence-corrected chi connectivity index (χ2v) is 9.69. The number of nitriles is 1. The van der Waals surface area contributed by atoms with Gasteiger partial charge in [-0.1, -0.05) is 42.5 Å². The number of ketones is 1. The third-order valence-electron chi connectivity index (χ3n) is 5.49. The Bertz CT molecular complexity index is 1450. The van der Waals surface area contributed by atoms with E-state index in [9.17, 15) is 13.2 Å². The van der Waals surface area contributed by atoms with Crippen molar-refractivity contribution >= 4 is 32.4 Å². The number of hydrogen-bond acceptors (Lipinski definition) is 4. The lowest BCUT2D eigenvalue weighted by Gasteiger charge is -2.09. The van der Waals surface area contributed by atoms with Crippen molar-refractivity contribution in [2.24, 2.45) is 7.05 Å². The molecule has 4 rings (SSSR count). The van der Waals surface area contributed by atoms with Gasteiger partial charge in [0.2, 0.25) is 10.0 Å². The van der Waals surface area contributed by atoms with E-state index < -0.39 is 10.0 Å². The average Bonchev–Trinajstić information content (AvgIpc) is 3.13. The molecule has 0 saturated carbocycles. The van der Waals surface area contributed by atoms with E-state index in [0.29, 0.717) is 40.6 Å². The molecule has 1 heterocycles. The smallest absolute Gasteiger partial charge is 0.236 e. The SMILES string of the molecule is Cn1cc(C(=O)CCc2ccc(C#N)cc2)c2cc(NS(=O)(=O)Cc3ccccc3)ccc21. The van der Waals surface area contributed by atoms with E-state index in [1.807, 2.05) is 35.9 Å². The number of aryl methyl sites for hydroxylation is 2. The number of anilines is 1. The number of Topliss-reactive ketones (excluding diaryl/α,β-unsaturated/α-hetero) is 1. The molecule has 1 N–H and O–H groups in total. The van der Waals surface area contributed by atoms with Crippen LogP contribution >= 0.6 is 0 Å². The minimum Gasteiger partial charge on any atom is -0.350 e.